The van der Waals surface area contributed by atoms with E-state index in [9.17, 15) is 4.79 Å². The highest BCUT2D eigenvalue weighted by atomic mass is 32.2. The Morgan fingerprint density at radius 3 is 2.61 bits per heavy atom. The first-order chi connectivity index (χ1) is 11.2. The predicted molar refractivity (Wildman–Crippen MR) is 102 cm³/mol. The first-order valence-electron chi connectivity index (χ1n) is 7.89. The van der Waals surface area contributed by atoms with Crippen LogP contribution in [0.5, 0.6) is 0 Å². The molecule has 0 aromatic heterocycles. The van der Waals surface area contributed by atoms with Crippen LogP contribution in [0.4, 0.5) is 5.69 Å². The van der Waals surface area contributed by atoms with Gasteiger partial charge in [-0.1, -0.05) is 42.0 Å². The van der Waals surface area contributed by atoms with Crippen LogP contribution in [0.15, 0.2) is 48.5 Å². The lowest BCUT2D eigenvalue weighted by Gasteiger charge is -2.21. The fourth-order valence-corrected chi connectivity index (χ4v) is 5.41. The smallest absolute Gasteiger partial charge is 0.228 e. The summed E-state index contributed by atoms with van der Waals surface area (Å²) in [6, 6.07) is 16.4. The molecule has 2 aromatic carbocycles. The molecule has 0 bridgehead atoms. The van der Waals surface area contributed by atoms with Crippen molar-refractivity contribution in [3.05, 3.63) is 65.2 Å². The summed E-state index contributed by atoms with van der Waals surface area (Å²) in [5.41, 5.74) is 4.45. The van der Waals surface area contributed by atoms with Gasteiger partial charge in [0.1, 0.15) is 0 Å². The first kappa shape index (κ1) is 16.5. The van der Waals surface area contributed by atoms with E-state index in [2.05, 4.69) is 24.4 Å². The number of thioether (sulfide) groups is 2. The van der Waals surface area contributed by atoms with Gasteiger partial charge in [-0.05, 0) is 48.1 Å². The maximum absolute atomic E-state index is 12.2. The molecular weight excluding hydrogens is 322 g/mol. The third-order valence-electron chi connectivity index (χ3n) is 3.75. The molecule has 1 saturated heterocycles. The molecule has 1 aliphatic rings. The molecule has 0 unspecified atom stereocenters. The number of aryl methyl sites for hydroxylation is 1. The van der Waals surface area contributed by atoms with Crippen molar-refractivity contribution in [2.24, 2.45) is 0 Å². The van der Waals surface area contributed by atoms with Crippen molar-refractivity contribution in [3.63, 3.8) is 0 Å². The van der Waals surface area contributed by atoms with Crippen molar-refractivity contribution in [1.82, 2.24) is 0 Å². The van der Waals surface area contributed by atoms with Gasteiger partial charge in [0.2, 0.25) is 5.91 Å². The Labute approximate surface area is 146 Å². The molecule has 0 radical (unpaired) electrons. The van der Waals surface area contributed by atoms with Gasteiger partial charge in [-0.25, -0.2) is 0 Å². The fraction of sp³-hybridized carbons (Fsp3) is 0.316. The van der Waals surface area contributed by atoms with E-state index in [-0.39, 0.29) is 5.91 Å². The van der Waals surface area contributed by atoms with Crippen LogP contribution < -0.4 is 5.32 Å². The van der Waals surface area contributed by atoms with Crippen molar-refractivity contribution < 1.29 is 4.79 Å². The Bertz CT molecular complexity index is 663. The fourth-order valence-electron chi connectivity index (χ4n) is 2.54. The van der Waals surface area contributed by atoms with Crippen molar-refractivity contribution in [1.29, 1.82) is 0 Å². The van der Waals surface area contributed by atoms with Crippen molar-refractivity contribution >= 4 is 35.1 Å². The number of amides is 1. The zero-order chi connectivity index (χ0) is 16.1. The van der Waals surface area contributed by atoms with Crippen LogP contribution in [0.3, 0.4) is 0 Å². The summed E-state index contributed by atoms with van der Waals surface area (Å²) in [6.07, 6.45) is 1.70. The van der Waals surface area contributed by atoms with Gasteiger partial charge in [-0.2, -0.15) is 0 Å². The van der Waals surface area contributed by atoms with E-state index >= 15 is 0 Å². The zero-order valence-corrected chi connectivity index (χ0v) is 14.9. The van der Waals surface area contributed by atoms with E-state index in [0.717, 1.165) is 11.3 Å². The third-order valence-corrected chi connectivity index (χ3v) is 6.77. The van der Waals surface area contributed by atoms with Gasteiger partial charge in [-0.3, -0.25) is 4.79 Å². The van der Waals surface area contributed by atoms with Gasteiger partial charge in [0.05, 0.1) is 11.0 Å². The molecular formula is C19H21NOS2. The highest BCUT2D eigenvalue weighted by Gasteiger charge is 2.17. The molecule has 0 saturated carbocycles. The van der Waals surface area contributed by atoms with E-state index in [1.54, 1.807) is 0 Å². The molecule has 1 amide bonds. The van der Waals surface area contributed by atoms with Gasteiger partial charge in [-0.15, -0.1) is 23.5 Å². The second kappa shape index (κ2) is 7.93. The first-order valence-corrected chi connectivity index (χ1v) is 9.99. The maximum Gasteiger partial charge on any atom is 0.228 e. The van der Waals surface area contributed by atoms with Crippen molar-refractivity contribution in [2.45, 2.75) is 24.3 Å². The molecule has 23 heavy (non-hydrogen) atoms. The molecule has 1 aliphatic heterocycles. The molecule has 2 aromatic rings. The number of rotatable bonds is 4. The Morgan fingerprint density at radius 1 is 1.13 bits per heavy atom. The van der Waals surface area contributed by atoms with Crippen LogP contribution in [0.25, 0.3) is 0 Å². The Kier molecular flexibility index (Phi) is 5.68. The third kappa shape index (κ3) is 4.79. The molecule has 0 aliphatic carbocycles. The lowest BCUT2D eigenvalue weighted by atomic mass is 10.1. The number of carbonyl (C=O) groups is 1. The number of hydrogen-bond acceptors (Lipinski definition) is 3. The van der Waals surface area contributed by atoms with Crippen LogP contribution >= 0.6 is 23.5 Å². The second-order valence-corrected chi connectivity index (χ2v) is 8.49. The van der Waals surface area contributed by atoms with Gasteiger partial charge in [0.25, 0.3) is 0 Å². The average Bonchev–Trinajstić information content (AvgIpc) is 2.58. The van der Waals surface area contributed by atoms with Gasteiger partial charge in [0, 0.05) is 5.69 Å². The second-order valence-electron chi connectivity index (χ2n) is 5.76. The van der Waals surface area contributed by atoms with Crippen LogP contribution in [-0.2, 0) is 11.2 Å². The molecule has 1 N–H and O–H groups in total. The maximum atomic E-state index is 12.2. The standard InChI is InChI=1S/C19H21NOS2/c1-14-6-8-15(9-7-14)12-18(21)20-17-5-2-4-16(13-17)19-22-10-3-11-23-19/h2,4-9,13,19H,3,10-12H2,1H3,(H,20,21). The van der Waals surface area contributed by atoms with Crippen LogP contribution in [0.1, 0.15) is 27.7 Å². The normalized spacial score (nSPS) is 15.3. The molecule has 2 nitrogen and oxygen atoms in total. The minimum atomic E-state index is 0.0370. The number of carbonyl (C=O) groups excluding carboxylic acids is 1. The topological polar surface area (TPSA) is 29.1 Å². The summed E-state index contributed by atoms with van der Waals surface area (Å²) in [4.78, 5) is 12.2. The van der Waals surface area contributed by atoms with Gasteiger partial charge >= 0.3 is 0 Å². The molecule has 120 valence electrons. The van der Waals surface area contributed by atoms with Crippen LogP contribution in [-0.4, -0.2) is 17.4 Å². The van der Waals surface area contributed by atoms with Crippen LogP contribution in [0.2, 0.25) is 0 Å². The summed E-state index contributed by atoms with van der Waals surface area (Å²) >= 11 is 4.00. The molecule has 0 atom stereocenters. The quantitative estimate of drug-likeness (QED) is 0.843. The SMILES string of the molecule is Cc1ccc(CC(=O)Nc2cccc(C3SCCCS3)c2)cc1. The zero-order valence-electron chi connectivity index (χ0n) is 13.2. The Balaban J connectivity index is 1.62. The monoisotopic (exact) mass is 343 g/mol. The lowest BCUT2D eigenvalue weighted by Crippen LogP contribution is -2.14. The number of hydrogen-bond donors (Lipinski definition) is 1. The largest absolute Gasteiger partial charge is 0.326 e. The molecule has 0 spiro atoms. The highest BCUT2D eigenvalue weighted by molar-refractivity contribution is 8.16. The molecule has 3 rings (SSSR count). The van der Waals surface area contributed by atoms with E-state index < -0.39 is 0 Å². The van der Waals surface area contributed by atoms with E-state index in [1.165, 1.54) is 29.1 Å². The molecule has 4 heteroatoms. The summed E-state index contributed by atoms with van der Waals surface area (Å²) < 4.78 is 0.498. The predicted octanol–water partition coefficient (Wildman–Crippen LogP) is 5.04. The minimum Gasteiger partial charge on any atom is -0.326 e. The highest BCUT2D eigenvalue weighted by Crippen LogP contribution is 2.44. The van der Waals surface area contributed by atoms with E-state index in [1.807, 2.05) is 59.9 Å². The average molecular weight is 344 g/mol. The summed E-state index contributed by atoms with van der Waals surface area (Å²) in [5.74, 6) is 2.48. The van der Waals surface area contributed by atoms with Crippen LogP contribution in [0, 0.1) is 6.92 Å². The lowest BCUT2D eigenvalue weighted by molar-refractivity contribution is -0.115. The summed E-state index contributed by atoms with van der Waals surface area (Å²) in [6.45, 7) is 2.05. The number of nitrogens with one attached hydrogen (secondary N) is 1. The van der Waals surface area contributed by atoms with Gasteiger partial charge in [0.15, 0.2) is 0 Å². The van der Waals surface area contributed by atoms with Crippen molar-refractivity contribution in [2.75, 3.05) is 16.8 Å². The summed E-state index contributed by atoms with van der Waals surface area (Å²) in [5, 5.41) is 3.03. The van der Waals surface area contributed by atoms with Crippen molar-refractivity contribution in [3.8, 4) is 0 Å². The molecule has 1 fully saturated rings. The Morgan fingerprint density at radius 2 is 1.87 bits per heavy atom. The minimum absolute atomic E-state index is 0.0370. The summed E-state index contributed by atoms with van der Waals surface area (Å²) in [7, 11) is 0. The number of anilines is 1. The van der Waals surface area contributed by atoms with Gasteiger partial charge < -0.3 is 5.32 Å². The molecule has 1 heterocycles. The van der Waals surface area contributed by atoms with E-state index in [4.69, 9.17) is 0 Å². The number of benzene rings is 2. The Hall–Kier alpha value is -1.39. The van der Waals surface area contributed by atoms with E-state index in [0.29, 0.717) is 11.0 Å².